The van der Waals surface area contributed by atoms with Gasteiger partial charge >= 0.3 is 13.6 Å². The highest BCUT2D eigenvalue weighted by atomic mass is 31.2. The van der Waals surface area contributed by atoms with Crippen LogP contribution >= 0.6 is 7.60 Å². The van der Waals surface area contributed by atoms with Crippen molar-refractivity contribution in [1.29, 1.82) is 0 Å². The van der Waals surface area contributed by atoms with Crippen LogP contribution in [0, 0.1) is 0 Å². The fraction of sp³-hybridized carbons (Fsp3) is 0.947. The monoisotopic (exact) mass is 378 g/mol. The third-order valence-electron chi connectivity index (χ3n) is 5.17. The third-order valence-corrected chi connectivity index (χ3v) is 7.19. The molecule has 0 spiro atoms. The van der Waals surface area contributed by atoms with E-state index in [1.807, 2.05) is 0 Å². The summed E-state index contributed by atoms with van der Waals surface area (Å²) < 4.78 is 16.9. The lowest BCUT2D eigenvalue weighted by molar-refractivity contribution is -0.144. The molecule has 0 heterocycles. The van der Waals surface area contributed by atoms with Gasteiger partial charge in [-0.3, -0.25) is 9.36 Å². The first-order valence-corrected chi connectivity index (χ1v) is 11.7. The summed E-state index contributed by atoms with van der Waals surface area (Å²) in [4.78, 5) is 31.0. The molecule has 0 atom stereocenters. The number of hydrogen-bond acceptors (Lipinski definition) is 3. The van der Waals surface area contributed by atoms with Crippen molar-refractivity contribution in [3.8, 4) is 0 Å². The molecule has 2 N–H and O–H groups in total. The van der Waals surface area contributed by atoms with Crippen molar-refractivity contribution in [2.75, 3.05) is 6.61 Å². The van der Waals surface area contributed by atoms with E-state index in [2.05, 4.69) is 6.92 Å². The molecule has 25 heavy (non-hydrogen) atoms. The van der Waals surface area contributed by atoms with Crippen LogP contribution in [0.3, 0.4) is 0 Å². The largest absolute Gasteiger partial charge is 0.466 e. The minimum absolute atomic E-state index is 0.206. The molecule has 5 nitrogen and oxygen atoms in total. The maximum atomic E-state index is 11.9. The predicted molar refractivity (Wildman–Crippen MR) is 103 cm³/mol. The van der Waals surface area contributed by atoms with E-state index in [-0.39, 0.29) is 19.3 Å². The maximum absolute atomic E-state index is 11.9. The van der Waals surface area contributed by atoms with Crippen molar-refractivity contribution in [2.24, 2.45) is 0 Å². The van der Waals surface area contributed by atoms with Crippen molar-refractivity contribution in [3.63, 3.8) is 0 Å². The molecule has 0 saturated carbocycles. The number of carbonyl (C=O) groups excluding carboxylic acids is 1. The zero-order chi connectivity index (χ0) is 19.2. The summed E-state index contributed by atoms with van der Waals surface area (Å²) in [6.45, 7) is 5.99. The van der Waals surface area contributed by atoms with E-state index in [4.69, 9.17) is 4.74 Å². The maximum Gasteiger partial charge on any atom is 0.332 e. The van der Waals surface area contributed by atoms with Gasteiger partial charge < -0.3 is 14.5 Å². The Morgan fingerprint density at radius 2 is 1.28 bits per heavy atom. The van der Waals surface area contributed by atoms with Crippen LogP contribution < -0.4 is 0 Å². The molecule has 0 unspecified atom stereocenters. The van der Waals surface area contributed by atoms with Gasteiger partial charge in [0.15, 0.2) is 0 Å². The third kappa shape index (κ3) is 10.4. The van der Waals surface area contributed by atoms with E-state index in [1.54, 1.807) is 13.8 Å². The van der Waals surface area contributed by atoms with Crippen LogP contribution in [0.25, 0.3) is 0 Å². The van der Waals surface area contributed by atoms with Gasteiger partial charge in [-0.15, -0.1) is 0 Å². The van der Waals surface area contributed by atoms with Gasteiger partial charge in [0.1, 0.15) is 0 Å². The standard InChI is InChI=1S/C19H39O5P/c1-4-7-8-9-10-11-12-13-14-15-16-24-18(20)17-19(5-2,6-3)25(21,22)23/h4-17H2,1-3H3,(H2,21,22,23). The molecular weight excluding hydrogens is 339 g/mol. The molecule has 150 valence electrons. The van der Waals surface area contributed by atoms with E-state index in [9.17, 15) is 19.1 Å². The van der Waals surface area contributed by atoms with Gasteiger partial charge in [0.25, 0.3) is 0 Å². The van der Waals surface area contributed by atoms with Crippen molar-refractivity contribution in [3.05, 3.63) is 0 Å². The first-order valence-electron chi connectivity index (χ1n) is 10.0. The highest BCUT2D eigenvalue weighted by Gasteiger charge is 2.45. The molecule has 0 aromatic heterocycles. The zero-order valence-corrected chi connectivity index (χ0v) is 17.4. The van der Waals surface area contributed by atoms with Gasteiger partial charge in [0, 0.05) is 0 Å². The van der Waals surface area contributed by atoms with Crippen molar-refractivity contribution in [2.45, 2.75) is 109 Å². The molecule has 0 aliphatic rings. The number of unbranched alkanes of at least 4 members (excludes halogenated alkanes) is 9. The number of carbonyl (C=O) groups is 1. The van der Waals surface area contributed by atoms with Crippen LogP contribution in [0.2, 0.25) is 0 Å². The SMILES string of the molecule is CCCCCCCCCCCCOC(=O)CC(CC)(CC)P(=O)(O)O. The highest BCUT2D eigenvalue weighted by molar-refractivity contribution is 7.53. The average molecular weight is 378 g/mol. The Bertz CT molecular complexity index is 387. The molecule has 0 bridgehead atoms. The van der Waals surface area contributed by atoms with E-state index in [1.165, 1.54) is 44.9 Å². The van der Waals surface area contributed by atoms with Crippen molar-refractivity contribution < 1.29 is 23.9 Å². The molecule has 0 radical (unpaired) electrons. The van der Waals surface area contributed by atoms with Gasteiger partial charge in [0.2, 0.25) is 0 Å². The second kappa shape index (κ2) is 13.8. The predicted octanol–water partition coefficient (Wildman–Crippen LogP) is 5.58. The first kappa shape index (κ1) is 24.6. The summed E-state index contributed by atoms with van der Waals surface area (Å²) in [5.41, 5.74) is 0. The Balaban J connectivity index is 3.78. The number of ether oxygens (including phenoxy) is 1. The molecule has 0 aromatic carbocycles. The van der Waals surface area contributed by atoms with E-state index in [0.29, 0.717) is 6.61 Å². The topological polar surface area (TPSA) is 83.8 Å². The normalized spacial score (nSPS) is 12.4. The minimum Gasteiger partial charge on any atom is -0.466 e. The fourth-order valence-corrected chi connectivity index (χ4v) is 4.27. The average Bonchev–Trinajstić information content (AvgIpc) is 2.56. The Morgan fingerprint density at radius 1 is 0.840 bits per heavy atom. The van der Waals surface area contributed by atoms with Gasteiger partial charge in [-0.25, -0.2) is 0 Å². The molecule has 0 rings (SSSR count). The highest BCUT2D eigenvalue weighted by Crippen LogP contribution is 2.56. The van der Waals surface area contributed by atoms with Crippen LogP contribution in [0.1, 0.15) is 104 Å². The smallest absolute Gasteiger partial charge is 0.332 e. The fourth-order valence-electron chi connectivity index (χ4n) is 3.11. The molecule has 0 fully saturated rings. The van der Waals surface area contributed by atoms with Gasteiger partial charge in [-0.05, 0) is 19.3 Å². The lowest BCUT2D eigenvalue weighted by atomic mass is 9.98. The first-order chi connectivity index (χ1) is 11.8. The second-order valence-electron chi connectivity index (χ2n) is 7.05. The van der Waals surface area contributed by atoms with Gasteiger partial charge in [0.05, 0.1) is 18.2 Å². The van der Waals surface area contributed by atoms with Crippen LogP contribution in [-0.4, -0.2) is 27.5 Å². The van der Waals surface area contributed by atoms with Crippen molar-refractivity contribution >= 4 is 13.6 Å². The van der Waals surface area contributed by atoms with Crippen LogP contribution in [0.5, 0.6) is 0 Å². The Kier molecular flexibility index (Phi) is 13.6. The summed E-state index contributed by atoms with van der Waals surface area (Å²) in [6, 6.07) is 0. The lowest BCUT2D eigenvalue weighted by Crippen LogP contribution is -2.31. The molecule has 0 aliphatic heterocycles. The summed E-state index contributed by atoms with van der Waals surface area (Å²) in [6.07, 6.45) is 12.5. The molecule has 0 aromatic rings. The Morgan fingerprint density at radius 3 is 1.68 bits per heavy atom. The van der Waals surface area contributed by atoms with Gasteiger partial charge in [-0.2, -0.15) is 0 Å². The quantitative estimate of drug-likeness (QED) is 0.208. The number of esters is 1. The molecule has 0 amide bonds. The molecule has 0 aliphatic carbocycles. The second-order valence-corrected chi connectivity index (χ2v) is 9.09. The summed E-state index contributed by atoms with van der Waals surface area (Å²) >= 11 is 0. The van der Waals surface area contributed by atoms with E-state index < -0.39 is 18.7 Å². The number of hydrogen-bond donors (Lipinski definition) is 2. The van der Waals surface area contributed by atoms with E-state index in [0.717, 1.165) is 19.3 Å². The Labute approximate surface area is 154 Å². The Hall–Kier alpha value is -0.380. The lowest BCUT2D eigenvalue weighted by Gasteiger charge is -2.31. The summed E-state index contributed by atoms with van der Waals surface area (Å²) in [5, 5.41) is -1.28. The summed E-state index contributed by atoms with van der Waals surface area (Å²) in [7, 11) is -4.33. The van der Waals surface area contributed by atoms with E-state index >= 15 is 0 Å². The molecular formula is C19H39O5P. The number of rotatable bonds is 16. The minimum atomic E-state index is -4.33. The zero-order valence-electron chi connectivity index (χ0n) is 16.5. The van der Waals surface area contributed by atoms with Crippen LogP contribution in [0.15, 0.2) is 0 Å². The molecule has 6 heteroatoms. The molecule has 0 saturated heterocycles. The van der Waals surface area contributed by atoms with Crippen molar-refractivity contribution in [1.82, 2.24) is 0 Å². The van der Waals surface area contributed by atoms with Crippen LogP contribution in [0.4, 0.5) is 0 Å². The van der Waals surface area contributed by atoms with Gasteiger partial charge in [-0.1, -0.05) is 78.6 Å². The van der Waals surface area contributed by atoms with Crippen LogP contribution in [-0.2, 0) is 14.1 Å². The summed E-state index contributed by atoms with van der Waals surface area (Å²) in [5.74, 6) is -0.497.